The number of thiazole rings is 1. The summed E-state index contributed by atoms with van der Waals surface area (Å²) in [4.78, 5) is 15.8. The minimum atomic E-state index is -0.403. The first-order valence-corrected chi connectivity index (χ1v) is 4.13. The summed E-state index contributed by atoms with van der Waals surface area (Å²) in [6, 6.07) is 0. The van der Waals surface area contributed by atoms with Gasteiger partial charge in [-0.25, -0.2) is 4.98 Å². The van der Waals surface area contributed by atoms with Gasteiger partial charge in [0.1, 0.15) is 5.69 Å². The van der Waals surface area contributed by atoms with Crippen molar-refractivity contribution in [1.82, 2.24) is 4.98 Å². The van der Waals surface area contributed by atoms with Gasteiger partial charge in [0.05, 0.1) is 4.92 Å². The number of hydrogen-bond donors (Lipinski definition) is 0. The summed E-state index contributed by atoms with van der Waals surface area (Å²) in [7, 11) is 3.62. The highest BCUT2D eigenvalue weighted by Gasteiger charge is 2.17. The maximum absolute atomic E-state index is 10.4. The maximum atomic E-state index is 10.4. The molecule has 0 amide bonds. The average molecular weight is 187 g/mol. The van der Waals surface area contributed by atoms with E-state index in [0.717, 1.165) is 11.3 Å². The van der Waals surface area contributed by atoms with Crippen LogP contribution in [0, 0.1) is 17.0 Å². The van der Waals surface area contributed by atoms with Crippen molar-refractivity contribution in [2.75, 3.05) is 19.0 Å². The Morgan fingerprint density at radius 1 is 1.58 bits per heavy atom. The van der Waals surface area contributed by atoms with Crippen molar-refractivity contribution in [2.24, 2.45) is 0 Å². The van der Waals surface area contributed by atoms with Gasteiger partial charge in [0.2, 0.25) is 0 Å². The summed E-state index contributed by atoms with van der Waals surface area (Å²) in [6.07, 6.45) is 0. The Balaban J connectivity index is 3.09. The van der Waals surface area contributed by atoms with Gasteiger partial charge in [-0.2, -0.15) is 0 Å². The fourth-order valence-corrected chi connectivity index (χ4v) is 1.54. The van der Waals surface area contributed by atoms with E-state index in [9.17, 15) is 10.1 Å². The van der Waals surface area contributed by atoms with E-state index < -0.39 is 4.92 Å². The van der Waals surface area contributed by atoms with Gasteiger partial charge in [-0.1, -0.05) is 0 Å². The van der Waals surface area contributed by atoms with E-state index in [-0.39, 0.29) is 5.00 Å². The number of hydrogen-bond acceptors (Lipinski definition) is 5. The molecule has 1 heterocycles. The van der Waals surface area contributed by atoms with E-state index >= 15 is 0 Å². The average Bonchev–Trinajstić information content (AvgIpc) is 2.30. The predicted molar refractivity (Wildman–Crippen MR) is 47.8 cm³/mol. The van der Waals surface area contributed by atoms with Gasteiger partial charge >= 0.3 is 5.00 Å². The van der Waals surface area contributed by atoms with Crippen LogP contribution >= 0.6 is 11.3 Å². The van der Waals surface area contributed by atoms with Crippen molar-refractivity contribution in [3.63, 3.8) is 0 Å². The van der Waals surface area contributed by atoms with Crippen molar-refractivity contribution in [3.8, 4) is 0 Å². The lowest BCUT2D eigenvalue weighted by molar-refractivity contribution is -0.380. The summed E-state index contributed by atoms with van der Waals surface area (Å²) in [5.74, 6) is 0. The minimum absolute atomic E-state index is 0.124. The molecule has 0 fully saturated rings. The summed E-state index contributed by atoms with van der Waals surface area (Å²) in [6.45, 7) is 1.64. The molecule has 0 bridgehead atoms. The van der Waals surface area contributed by atoms with Crippen LogP contribution in [0.25, 0.3) is 0 Å². The Hall–Kier alpha value is -1.17. The predicted octanol–water partition coefficient (Wildman–Crippen LogP) is 1.43. The van der Waals surface area contributed by atoms with Crippen molar-refractivity contribution < 1.29 is 4.92 Å². The van der Waals surface area contributed by atoms with Crippen LogP contribution in [-0.2, 0) is 0 Å². The first-order valence-electron chi connectivity index (χ1n) is 3.31. The van der Waals surface area contributed by atoms with Crippen LogP contribution < -0.4 is 4.90 Å². The van der Waals surface area contributed by atoms with Gasteiger partial charge in [-0.05, 0) is 18.3 Å². The molecule has 1 aromatic rings. The maximum Gasteiger partial charge on any atom is 0.348 e. The zero-order valence-electron chi connectivity index (χ0n) is 7.07. The number of anilines is 1. The highest BCUT2D eigenvalue weighted by Crippen LogP contribution is 2.30. The molecule has 0 saturated heterocycles. The van der Waals surface area contributed by atoms with Crippen molar-refractivity contribution in [1.29, 1.82) is 0 Å². The lowest BCUT2D eigenvalue weighted by Crippen LogP contribution is -2.07. The Morgan fingerprint density at radius 3 is 2.42 bits per heavy atom. The molecule has 0 aromatic carbocycles. The van der Waals surface area contributed by atoms with Crippen molar-refractivity contribution in [2.45, 2.75) is 6.92 Å². The van der Waals surface area contributed by atoms with Crippen LogP contribution in [0.15, 0.2) is 0 Å². The lowest BCUT2D eigenvalue weighted by Gasteiger charge is -2.04. The number of aryl methyl sites for hydroxylation is 1. The first kappa shape index (κ1) is 8.92. The largest absolute Gasteiger partial charge is 0.354 e. The molecule has 0 radical (unpaired) electrons. The summed E-state index contributed by atoms with van der Waals surface area (Å²) < 4.78 is 0. The van der Waals surface area contributed by atoms with Gasteiger partial charge in [-0.3, -0.25) is 10.1 Å². The lowest BCUT2D eigenvalue weighted by atomic mass is 10.5. The first-order chi connectivity index (χ1) is 5.52. The quantitative estimate of drug-likeness (QED) is 0.519. The molecule has 0 saturated carbocycles. The molecule has 1 aromatic heterocycles. The normalized spacial score (nSPS) is 9.92. The third kappa shape index (κ3) is 1.53. The van der Waals surface area contributed by atoms with Crippen LogP contribution in [0.4, 0.5) is 10.1 Å². The number of nitro groups is 1. The Kier molecular flexibility index (Phi) is 2.27. The molecular weight excluding hydrogens is 178 g/mol. The van der Waals surface area contributed by atoms with Gasteiger partial charge in [0.15, 0.2) is 5.13 Å². The van der Waals surface area contributed by atoms with Gasteiger partial charge in [0.25, 0.3) is 0 Å². The number of rotatable bonds is 2. The molecule has 0 aliphatic carbocycles. The third-order valence-electron chi connectivity index (χ3n) is 1.31. The molecule has 0 unspecified atom stereocenters. The van der Waals surface area contributed by atoms with E-state index in [1.54, 1.807) is 11.8 Å². The van der Waals surface area contributed by atoms with Crippen LogP contribution in [-0.4, -0.2) is 24.0 Å². The van der Waals surface area contributed by atoms with Crippen LogP contribution in [0.2, 0.25) is 0 Å². The van der Waals surface area contributed by atoms with E-state index in [1.807, 2.05) is 14.1 Å². The summed E-state index contributed by atoms with van der Waals surface area (Å²) >= 11 is 1.09. The highest BCUT2D eigenvalue weighted by molar-refractivity contribution is 7.18. The van der Waals surface area contributed by atoms with Gasteiger partial charge < -0.3 is 4.90 Å². The Morgan fingerprint density at radius 2 is 2.17 bits per heavy atom. The molecule has 0 spiro atoms. The molecular formula is C6H9N3O2S. The molecule has 5 nitrogen and oxygen atoms in total. The van der Waals surface area contributed by atoms with E-state index in [2.05, 4.69) is 4.98 Å². The van der Waals surface area contributed by atoms with Gasteiger partial charge in [-0.15, -0.1) is 0 Å². The zero-order valence-corrected chi connectivity index (χ0v) is 7.88. The van der Waals surface area contributed by atoms with Crippen LogP contribution in [0.3, 0.4) is 0 Å². The molecule has 0 aliphatic rings. The molecule has 0 atom stereocenters. The topological polar surface area (TPSA) is 59.3 Å². The van der Waals surface area contributed by atoms with Crippen LogP contribution in [0.1, 0.15) is 5.69 Å². The molecule has 66 valence electrons. The zero-order chi connectivity index (χ0) is 9.30. The second-order valence-corrected chi connectivity index (χ2v) is 3.49. The van der Waals surface area contributed by atoms with Crippen LogP contribution in [0.5, 0.6) is 0 Å². The monoisotopic (exact) mass is 187 g/mol. The Bertz CT molecular complexity index is 308. The van der Waals surface area contributed by atoms with E-state index in [0.29, 0.717) is 10.8 Å². The van der Waals surface area contributed by atoms with Crippen molar-refractivity contribution >= 4 is 21.5 Å². The SMILES string of the molecule is Cc1nc(N(C)C)sc1[N+](=O)[O-]. The van der Waals surface area contributed by atoms with E-state index in [4.69, 9.17) is 0 Å². The number of aromatic nitrogens is 1. The summed E-state index contributed by atoms with van der Waals surface area (Å²) in [5.41, 5.74) is 0.480. The standard InChI is InChI=1S/C6H9N3O2S/c1-4-5(9(10)11)12-6(7-4)8(2)3/h1-3H3. The second kappa shape index (κ2) is 3.06. The number of nitrogens with zero attached hydrogens (tertiary/aromatic N) is 3. The molecule has 0 N–H and O–H groups in total. The fourth-order valence-electron chi connectivity index (χ4n) is 0.735. The molecule has 6 heteroatoms. The third-order valence-corrected chi connectivity index (χ3v) is 2.59. The minimum Gasteiger partial charge on any atom is -0.354 e. The van der Waals surface area contributed by atoms with E-state index in [1.165, 1.54) is 0 Å². The summed E-state index contributed by atoms with van der Waals surface area (Å²) in [5, 5.41) is 11.2. The Labute approximate surface area is 73.8 Å². The molecule has 0 aliphatic heterocycles. The van der Waals surface area contributed by atoms with Gasteiger partial charge in [0, 0.05) is 14.1 Å². The highest BCUT2D eigenvalue weighted by atomic mass is 32.1. The second-order valence-electron chi connectivity index (χ2n) is 2.54. The van der Waals surface area contributed by atoms with Crippen molar-refractivity contribution in [3.05, 3.63) is 15.8 Å². The fraction of sp³-hybridized carbons (Fsp3) is 0.500. The molecule has 12 heavy (non-hydrogen) atoms. The molecule has 1 rings (SSSR count). The smallest absolute Gasteiger partial charge is 0.348 e.